The van der Waals surface area contributed by atoms with Gasteiger partial charge in [0.1, 0.15) is 5.75 Å². The Kier molecular flexibility index (Phi) is 5.40. The highest BCUT2D eigenvalue weighted by atomic mass is 19.4. The van der Waals surface area contributed by atoms with Crippen molar-refractivity contribution in [3.63, 3.8) is 0 Å². The first kappa shape index (κ1) is 20.3. The minimum Gasteiger partial charge on any atom is -0.406 e. The molecule has 1 amide bonds. The molecule has 2 saturated heterocycles. The number of benzene rings is 1. The number of aliphatic hydroxyl groups excluding tert-OH is 1. The van der Waals surface area contributed by atoms with E-state index in [9.17, 15) is 23.1 Å². The minimum absolute atomic E-state index is 0.172. The third kappa shape index (κ3) is 4.32. The van der Waals surface area contributed by atoms with Crippen molar-refractivity contribution < 1.29 is 27.8 Å². The number of rotatable bonds is 3. The fourth-order valence-electron chi connectivity index (χ4n) is 5.17. The van der Waals surface area contributed by atoms with Gasteiger partial charge >= 0.3 is 6.36 Å². The summed E-state index contributed by atoms with van der Waals surface area (Å²) in [7, 11) is 0. The molecule has 4 rings (SSSR count). The van der Waals surface area contributed by atoms with Crippen LogP contribution in [-0.2, 0) is 4.79 Å². The van der Waals surface area contributed by atoms with Gasteiger partial charge in [-0.25, -0.2) is 0 Å². The molecule has 2 heterocycles. The van der Waals surface area contributed by atoms with Gasteiger partial charge in [0.15, 0.2) is 0 Å². The Labute approximate surface area is 168 Å². The van der Waals surface area contributed by atoms with Gasteiger partial charge in [-0.1, -0.05) is 6.07 Å². The summed E-state index contributed by atoms with van der Waals surface area (Å²) in [5.74, 6) is -0.0685. The fraction of sp³-hybridized carbons (Fsp3) is 0.667. The van der Waals surface area contributed by atoms with E-state index in [1.165, 1.54) is 12.1 Å². The molecule has 1 saturated carbocycles. The number of carbonyl (C=O) groups is 1. The van der Waals surface area contributed by atoms with E-state index in [-0.39, 0.29) is 23.8 Å². The number of amides is 1. The zero-order chi connectivity index (χ0) is 20.6. The summed E-state index contributed by atoms with van der Waals surface area (Å²) in [5.41, 5.74) is 0.188. The molecular formula is C21H27F3N2O3. The topological polar surface area (TPSA) is 53.0 Å². The number of carbonyl (C=O) groups excluding carboxylic acids is 1. The Morgan fingerprint density at radius 3 is 2.59 bits per heavy atom. The van der Waals surface area contributed by atoms with Gasteiger partial charge < -0.3 is 19.6 Å². The van der Waals surface area contributed by atoms with Crippen LogP contribution in [0.1, 0.15) is 44.9 Å². The Balaban J connectivity index is 1.47. The number of anilines is 1. The summed E-state index contributed by atoms with van der Waals surface area (Å²) >= 11 is 0. The third-order valence-electron chi connectivity index (χ3n) is 6.65. The lowest BCUT2D eigenvalue weighted by molar-refractivity contribution is -0.274. The van der Waals surface area contributed by atoms with Gasteiger partial charge in [-0.2, -0.15) is 0 Å². The van der Waals surface area contributed by atoms with Gasteiger partial charge in [0, 0.05) is 37.4 Å². The Morgan fingerprint density at radius 2 is 1.86 bits per heavy atom. The molecule has 1 aromatic carbocycles. The SMILES string of the molecule is O=C1N([C@H]2CC[C@H](O)CC2)CC[C@@]12CCCN(c1cccc(OC(F)(F)F)c1)C2. The zero-order valence-electron chi connectivity index (χ0n) is 16.3. The van der Waals surface area contributed by atoms with Crippen molar-refractivity contribution >= 4 is 11.6 Å². The van der Waals surface area contributed by atoms with Crippen LogP contribution in [0.3, 0.4) is 0 Å². The average Bonchev–Trinajstić information content (AvgIpc) is 2.97. The summed E-state index contributed by atoms with van der Waals surface area (Å²) in [4.78, 5) is 17.4. The number of ether oxygens (including phenoxy) is 1. The second kappa shape index (κ2) is 7.70. The van der Waals surface area contributed by atoms with Crippen LogP contribution in [0.25, 0.3) is 0 Å². The molecule has 29 heavy (non-hydrogen) atoms. The first-order valence-corrected chi connectivity index (χ1v) is 10.4. The first-order chi connectivity index (χ1) is 13.8. The molecule has 2 aliphatic heterocycles. The second-order valence-electron chi connectivity index (χ2n) is 8.56. The molecule has 1 spiro atoms. The summed E-state index contributed by atoms with van der Waals surface area (Å²) in [6.07, 6.45) is 0.582. The number of nitrogens with zero attached hydrogens (tertiary/aromatic N) is 2. The fourth-order valence-corrected chi connectivity index (χ4v) is 5.17. The van der Waals surface area contributed by atoms with Crippen molar-refractivity contribution in [2.45, 2.75) is 63.5 Å². The van der Waals surface area contributed by atoms with Crippen LogP contribution in [0.15, 0.2) is 24.3 Å². The maximum absolute atomic E-state index is 13.4. The van der Waals surface area contributed by atoms with Crippen LogP contribution in [0.5, 0.6) is 5.75 Å². The van der Waals surface area contributed by atoms with Gasteiger partial charge in [0.05, 0.1) is 11.5 Å². The molecule has 1 atom stereocenters. The maximum atomic E-state index is 13.4. The van der Waals surface area contributed by atoms with Crippen molar-refractivity contribution in [3.8, 4) is 5.75 Å². The smallest absolute Gasteiger partial charge is 0.406 e. The lowest BCUT2D eigenvalue weighted by atomic mass is 9.78. The molecule has 1 N–H and O–H groups in total. The molecule has 0 aromatic heterocycles. The molecule has 0 bridgehead atoms. The van der Waals surface area contributed by atoms with E-state index in [0.29, 0.717) is 18.8 Å². The predicted molar refractivity (Wildman–Crippen MR) is 102 cm³/mol. The normalized spacial score (nSPS) is 30.8. The molecule has 3 aliphatic rings. The van der Waals surface area contributed by atoms with Gasteiger partial charge in [-0.05, 0) is 57.1 Å². The Morgan fingerprint density at radius 1 is 1.10 bits per heavy atom. The van der Waals surface area contributed by atoms with E-state index in [1.807, 2.05) is 9.80 Å². The molecule has 0 radical (unpaired) electrons. The van der Waals surface area contributed by atoms with Crippen molar-refractivity contribution in [1.29, 1.82) is 0 Å². The molecule has 1 aromatic rings. The van der Waals surface area contributed by atoms with Crippen molar-refractivity contribution in [1.82, 2.24) is 4.90 Å². The highest BCUT2D eigenvalue weighted by molar-refractivity contribution is 5.86. The van der Waals surface area contributed by atoms with Crippen LogP contribution in [0, 0.1) is 5.41 Å². The summed E-state index contributed by atoms with van der Waals surface area (Å²) in [5, 5.41) is 9.74. The average molecular weight is 412 g/mol. The number of hydrogen-bond donors (Lipinski definition) is 1. The van der Waals surface area contributed by atoms with Crippen LogP contribution >= 0.6 is 0 Å². The molecule has 0 unspecified atom stereocenters. The summed E-state index contributed by atoms with van der Waals surface area (Å²) in [6.45, 7) is 1.96. The number of likely N-dealkylation sites (tertiary alicyclic amines) is 1. The lowest BCUT2D eigenvalue weighted by Gasteiger charge is -2.41. The van der Waals surface area contributed by atoms with E-state index in [2.05, 4.69) is 4.74 Å². The van der Waals surface area contributed by atoms with E-state index in [1.54, 1.807) is 12.1 Å². The number of halogens is 3. The maximum Gasteiger partial charge on any atom is 0.573 e. The molecule has 8 heteroatoms. The van der Waals surface area contributed by atoms with E-state index in [0.717, 1.165) is 51.5 Å². The minimum atomic E-state index is -4.72. The van der Waals surface area contributed by atoms with E-state index < -0.39 is 11.8 Å². The third-order valence-corrected chi connectivity index (χ3v) is 6.65. The molecule has 1 aliphatic carbocycles. The monoisotopic (exact) mass is 412 g/mol. The Bertz CT molecular complexity index is 749. The zero-order valence-corrected chi connectivity index (χ0v) is 16.3. The van der Waals surface area contributed by atoms with Crippen molar-refractivity contribution in [3.05, 3.63) is 24.3 Å². The molecule has 160 valence electrons. The summed E-state index contributed by atoms with van der Waals surface area (Å²) < 4.78 is 41.7. The van der Waals surface area contributed by atoms with Gasteiger partial charge in [0.25, 0.3) is 0 Å². The Hall–Kier alpha value is -1.96. The molecule has 3 fully saturated rings. The van der Waals surface area contributed by atoms with Crippen LogP contribution in [0.4, 0.5) is 18.9 Å². The predicted octanol–water partition coefficient (Wildman–Crippen LogP) is 3.71. The van der Waals surface area contributed by atoms with E-state index in [4.69, 9.17) is 0 Å². The molecular weight excluding hydrogens is 385 g/mol. The summed E-state index contributed by atoms with van der Waals surface area (Å²) in [6, 6.07) is 6.20. The van der Waals surface area contributed by atoms with Crippen LogP contribution < -0.4 is 9.64 Å². The van der Waals surface area contributed by atoms with Crippen molar-refractivity contribution in [2.24, 2.45) is 5.41 Å². The van der Waals surface area contributed by atoms with Crippen LogP contribution in [0.2, 0.25) is 0 Å². The standard InChI is InChI=1S/C21H27F3N2O3/c22-21(23,24)29-18-4-1-3-16(13-18)25-11-2-9-20(14-25)10-12-26(19(20)28)15-5-7-17(27)8-6-15/h1,3-4,13,15,17,27H,2,5-12,14H2/t15-,17-,20-/m1/s1. The number of aliphatic hydroxyl groups is 1. The quantitative estimate of drug-likeness (QED) is 0.823. The highest BCUT2D eigenvalue weighted by Crippen LogP contribution is 2.43. The lowest BCUT2D eigenvalue weighted by Crippen LogP contribution is -2.50. The number of hydrogen-bond acceptors (Lipinski definition) is 4. The first-order valence-electron chi connectivity index (χ1n) is 10.4. The number of piperidine rings is 1. The van der Waals surface area contributed by atoms with Gasteiger partial charge in [-0.3, -0.25) is 4.79 Å². The highest BCUT2D eigenvalue weighted by Gasteiger charge is 2.50. The largest absolute Gasteiger partial charge is 0.573 e. The van der Waals surface area contributed by atoms with Crippen molar-refractivity contribution in [2.75, 3.05) is 24.5 Å². The van der Waals surface area contributed by atoms with Crippen LogP contribution in [-0.4, -0.2) is 54.1 Å². The second-order valence-corrected chi connectivity index (χ2v) is 8.56. The van der Waals surface area contributed by atoms with Gasteiger partial charge in [0.2, 0.25) is 5.91 Å². The number of alkyl halides is 3. The van der Waals surface area contributed by atoms with Gasteiger partial charge in [-0.15, -0.1) is 13.2 Å². The molecule has 5 nitrogen and oxygen atoms in total. The van der Waals surface area contributed by atoms with E-state index >= 15 is 0 Å².